The minimum atomic E-state index is -0.668. The Labute approximate surface area is 163 Å². The largest absolute Gasteiger partial charge is 0.508 e. The van der Waals surface area contributed by atoms with Crippen molar-refractivity contribution in [1.82, 2.24) is 15.5 Å². The number of nitrogens with one attached hydrogen (secondary N) is 2. The van der Waals surface area contributed by atoms with Crippen molar-refractivity contribution in [1.29, 1.82) is 0 Å². The number of amides is 4. The zero-order valence-electron chi connectivity index (χ0n) is 15.4. The summed E-state index contributed by atoms with van der Waals surface area (Å²) in [5, 5.41) is 14.7. The average molecular weight is 381 g/mol. The van der Waals surface area contributed by atoms with Gasteiger partial charge in [0, 0.05) is 13.0 Å². The number of carbonyl (C=O) groups excluding carboxylic acids is 3. The molecule has 4 amide bonds. The van der Waals surface area contributed by atoms with Crippen molar-refractivity contribution < 1.29 is 19.5 Å². The molecule has 28 heavy (non-hydrogen) atoms. The van der Waals surface area contributed by atoms with Crippen molar-refractivity contribution >= 4 is 17.8 Å². The highest BCUT2D eigenvalue weighted by Gasteiger charge is 2.37. The van der Waals surface area contributed by atoms with Crippen molar-refractivity contribution in [2.24, 2.45) is 0 Å². The number of nitrogens with zero attached hydrogens (tertiary/aromatic N) is 1. The molecule has 3 N–H and O–H groups in total. The van der Waals surface area contributed by atoms with Gasteiger partial charge in [-0.05, 0) is 36.1 Å². The van der Waals surface area contributed by atoms with Crippen molar-refractivity contribution in [2.45, 2.75) is 31.8 Å². The predicted molar refractivity (Wildman–Crippen MR) is 103 cm³/mol. The van der Waals surface area contributed by atoms with E-state index in [4.69, 9.17) is 0 Å². The smallest absolute Gasteiger partial charge is 0.325 e. The average Bonchev–Trinajstić information content (AvgIpc) is 2.96. The van der Waals surface area contributed by atoms with Crippen LogP contribution in [0.2, 0.25) is 0 Å². The molecule has 146 valence electrons. The number of carbonyl (C=O) groups is 3. The van der Waals surface area contributed by atoms with Crippen molar-refractivity contribution in [3.05, 3.63) is 65.7 Å². The van der Waals surface area contributed by atoms with Gasteiger partial charge in [0.05, 0.1) is 6.54 Å². The number of rotatable bonds is 8. The molecule has 7 heteroatoms. The highest BCUT2D eigenvalue weighted by molar-refractivity contribution is 6.04. The van der Waals surface area contributed by atoms with Gasteiger partial charge in [0.25, 0.3) is 5.91 Å². The first kappa shape index (κ1) is 19.4. The molecular weight excluding hydrogens is 358 g/mol. The molecule has 2 aromatic rings. The Morgan fingerprint density at radius 2 is 1.75 bits per heavy atom. The lowest BCUT2D eigenvalue weighted by atomic mass is 10.1. The monoisotopic (exact) mass is 381 g/mol. The number of imide groups is 1. The molecule has 7 nitrogen and oxygen atoms in total. The normalized spacial score (nSPS) is 16.1. The molecule has 1 unspecified atom stereocenters. The maximum atomic E-state index is 12.4. The van der Waals surface area contributed by atoms with Crippen LogP contribution in [0.3, 0.4) is 0 Å². The minimum Gasteiger partial charge on any atom is -0.508 e. The molecule has 0 radical (unpaired) electrons. The van der Waals surface area contributed by atoms with E-state index in [2.05, 4.69) is 10.6 Å². The van der Waals surface area contributed by atoms with Gasteiger partial charge in [-0.25, -0.2) is 4.79 Å². The summed E-state index contributed by atoms with van der Waals surface area (Å²) in [6.07, 6.45) is 1.07. The van der Waals surface area contributed by atoms with Gasteiger partial charge in [-0.3, -0.25) is 14.5 Å². The van der Waals surface area contributed by atoms with Gasteiger partial charge in [-0.2, -0.15) is 0 Å². The molecular formula is C21H23N3O4. The highest BCUT2D eigenvalue weighted by Crippen LogP contribution is 2.15. The number of phenolic OH excluding ortho intramolecular Hbond substituents is 1. The lowest BCUT2D eigenvalue weighted by Gasteiger charge is -2.13. The van der Waals surface area contributed by atoms with Crippen LogP contribution in [-0.2, 0) is 22.6 Å². The van der Waals surface area contributed by atoms with Crippen LogP contribution in [-0.4, -0.2) is 40.4 Å². The summed E-state index contributed by atoms with van der Waals surface area (Å²) in [5.41, 5.74) is 1.88. The lowest BCUT2D eigenvalue weighted by molar-refractivity contribution is -0.128. The topological polar surface area (TPSA) is 98.7 Å². The standard InChI is InChI=1S/C21H23N3O4/c25-17-8-6-15(7-9-17)12-13-22-19(26)11-10-18-20(27)24(21(28)23-18)14-16-4-2-1-3-5-16/h1-9,18,25H,10-14H2,(H,22,26)(H,23,28). The second kappa shape index (κ2) is 9.03. The molecule has 1 heterocycles. The second-order valence-electron chi connectivity index (χ2n) is 6.72. The molecule has 0 bridgehead atoms. The van der Waals surface area contributed by atoms with Crippen LogP contribution in [0.5, 0.6) is 5.75 Å². The van der Waals surface area contributed by atoms with Crippen molar-refractivity contribution in [2.75, 3.05) is 6.54 Å². The number of hydrogen-bond acceptors (Lipinski definition) is 4. The van der Waals surface area contributed by atoms with Gasteiger partial charge in [-0.15, -0.1) is 0 Å². The summed E-state index contributed by atoms with van der Waals surface area (Å²) in [5.74, 6) is -0.259. The van der Waals surface area contributed by atoms with Crippen LogP contribution in [0, 0.1) is 0 Å². The number of phenols is 1. The number of benzene rings is 2. The summed E-state index contributed by atoms with van der Waals surface area (Å²) in [6, 6.07) is 15.0. The Kier molecular flexibility index (Phi) is 6.26. The SMILES string of the molecule is O=C(CCC1NC(=O)N(Cc2ccccc2)C1=O)NCCc1ccc(O)cc1. The summed E-state index contributed by atoms with van der Waals surface area (Å²) < 4.78 is 0. The van der Waals surface area contributed by atoms with Gasteiger partial charge >= 0.3 is 6.03 Å². The molecule has 0 spiro atoms. The zero-order chi connectivity index (χ0) is 19.9. The van der Waals surface area contributed by atoms with E-state index < -0.39 is 12.1 Å². The second-order valence-corrected chi connectivity index (χ2v) is 6.72. The van der Waals surface area contributed by atoms with Crippen LogP contribution < -0.4 is 10.6 Å². The first-order chi connectivity index (χ1) is 13.5. The lowest BCUT2D eigenvalue weighted by Crippen LogP contribution is -2.33. The number of aromatic hydroxyl groups is 1. The summed E-state index contributed by atoms with van der Waals surface area (Å²) in [6.45, 7) is 0.690. The minimum absolute atomic E-state index is 0.158. The fourth-order valence-electron chi connectivity index (χ4n) is 3.06. The third-order valence-electron chi connectivity index (χ3n) is 4.62. The van der Waals surface area contributed by atoms with E-state index in [0.29, 0.717) is 13.0 Å². The Hall–Kier alpha value is -3.35. The summed E-state index contributed by atoms with van der Waals surface area (Å²) in [7, 11) is 0. The van der Waals surface area contributed by atoms with Gasteiger partial charge in [0.2, 0.25) is 5.91 Å². The van der Waals surface area contributed by atoms with Crippen LogP contribution in [0.15, 0.2) is 54.6 Å². The van der Waals surface area contributed by atoms with Crippen molar-refractivity contribution in [3.8, 4) is 5.75 Å². The van der Waals surface area contributed by atoms with Crippen LogP contribution in [0.4, 0.5) is 4.79 Å². The molecule has 0 saturated carbocycles. The van der Waals surface area contributed by atoms with Gasteiger partial charge in [0.15, 0.2) is 0 Å². The van der Waals surface area contributed by atoms with E-state index in [9.17, 15) is 19.5 Å². The van der Waals surface area contributed by atoms with Crippen molar-refractivity contribution in [3.63, 3.8) is 0 Å². The van der Waals surface area contributed by atoms with Crippen LogP contribution in [0.1, 0.15) is 24.0 Å². The first-order valence-corrected chi connectivity index (χ1v) is 9.23. The molecule has 2 aromatic carbocycles. The fraction of sp³-hybridized carbons (Fsp3) is 0.286. The van der Waals surface area contributed by atoms with Crippen LogP contribution >= 0.6 is 0 Å². The molecule has 1 aliphatic heterocycles. The Bertz CT molecular complexity index is 836. The molecule has 0 aliphatic carbocycles. The van der Waals surface area contributed by atoms with E-state index in [1.165, 1.54) is 4.90 Å². The Balaban J connectivity index is 1.41. The fourth-order valence-corrected chi connectivity index (χ4v) is 3.06. The number of hydrogen-bond donors (Lipinski definition) is 3. The molecule has 1 fully saturated rings. The van der Waals surface area contributed by atoms with E-state index in [-0.39, 0.29) is 37.0 Å². The Morgan fingerprint density at radius 1 is 1.04 bits per heavy atom. The van der Waals surface area contributed by atoms with Gasteiger partial charge in [-0.1, -0.05) is 42.5 Å². The molecule has 1 saturated heterocycles. The molecule has 0 aromatic heterocycles. The maximum Gasteiger partial charge on any atom is 0.325 e. The molecule has 1 aliphatic rings. The number of urea groups is 1. The van der Waals surface area contributed by atoms with E-state index in [1.54, 1.807) is 24.3 Å². The van der Waals surface area contributed by atoms with E-state index >= 15 is 0 Å². The molecule has 1 atom stereocenters. The summed E-state index contributed by atoms with van der Waals surface area (Å²) in [4.78, 5) is 37.7. The highest BCUT2D eigenvalue weighted by atomic mass is 16.3. The Morgan fingerprint density at radius 3 is 2.46 bits per heavy atom. The van der Waals surface area contributed by atoms with Gasteiger partial charge in [0.1, 0.15) is 11.8 Å². The zero-order valence-corrected chi connectivity index (χ0v) is 15.4. The third-order valence-corrected chi connectivity index (χ3v) is 4.62. The quantitative estimate of drug-likeness (QED) is 0.609. The van der Waals surface area contributed by atoms with Gasteiger partial charge < -0.3 is 15.7 Å². The van der Waals surface area contributed by atoms with E-state index in [0.717, 1.165) is 11.1 Å². The maximum absolute atomic E-state index is 12.4. The predicted octanol–water partition coefficient (Wildman–Crippen LogP) is 1.95. The van der Waals surface area contributed by atoms with Crippen LogP contribution in [0.25, 0.3) is 0 Å². The van der Waals surface area contributed by atoms with E-state index in [1.807, 2.05) is 30.3 Å². The third kappa shape index (κ3) is 5.09. The summed E-state index contributed by atoms with van der Waals surface area (Å²) >= 11 is 0. The molecule has 3 rings (SSSR count). The first-order valence-electron chi connectivity index (χ1n) is 9.23.